The molecule has 192 valence electrons. The van der Waals surface area contributed by atoms with Gasteiger partial charge >= 0.3 is 5.97 Å². The van der Waals surface area contributed by atoms with E-state index >= 15 is 0 Å². The van der Waals surface area contributed by atoms with E-state index in [1.54, 1.807) is 23.6 Å². The lowest BCUT2D eigenvalue weighted by molar-refractivity contribution is -0.154. The number of esters is 1. The molecular weight excluding hydrogens is 532 g/mol. The highest BCUT2D eigenvalue weighted by Gasteiger charge is 2.76. The zero-order valence-electron chi connectivity index (χ0n) is 20.9. The number of carbonyl (C=O) groups is 3. The van der Waals surface area contributed by atoms with Crippen molar-refractivity contribution >= 4 is 51.2 Å². The van der Waals surface area contributed by atoms with Crippen LogP contribution >= 0.6 is 27.7 Å². The molecule has 9 heteroatoms. The highest BCUT2D eigenvalue weighted by molar-refractivity contribution is 9.09. The lowest BCUT2D eigenvalue weighted by atomic mass is 9.71. The van der Waals surface area contributed by atoms with E-state index < -0.39 is 28.7 Å². The van der Waals surface area contributed by atoms with Gasteiger partial charge in [0, 0.05) is 15.8 Å². The molecule has 35 heavy (non-hydrogen) atoms. The average molecular weight is 568 g/mol. The maximum absolute atomic E-state index is 14.1. The van der Waals surface area contributed by atoms with Crippen LogP contribution in [0.25, 0.3) is 0 Å². The number of para-hydroxylation sites is 1. The second-order valence-electron chi connectivity index (χ2n) is 10.4. The smallest absolute Gasteiger partial charge is 0.310 e. The van der Waals surface area contributed by atoms with E-state index in [1.165, 1.54) is 0 Å². The number of aryl methyl sites for hydroxylation is 2. The summed E-state index contributed by atoms with van der Waals surface area (Å²) in [5.74, 6) is -1.93. The molecule has 7 nitrogen and oxygen atoms in total. The van der Waals surface area contributed by atoms with Gasteiger partial charge in [0.25, 0.3) is 0 Å². The van der Waals surface area contributed by atoms with Crippen LogP contribution in [0.4, 0.5) is 5.69 Å². The molecule has 0 aromatic heterocycles. The Morgan fingerprint density at radius 3 is 2.54 bits per heavy atom. The fourth-order valence-electron chi connectivity index (χ4n) is 6.29. The SMILES string of the molecule is CCOC(=O)[C@H]1[C@H]2C(=O)N([C@@H](CO)CC(C)C)C(C(=O)Nc3c(C)cccc3C)C23CC(Br)[C@@H]1S3. The number of nitrogens with one attached hydrogen (secondary N) is 1. The molecule has 3 fully saturated rings. The van der Waals surface area contributed by atoms with Gasteiger partial charge in [-0.1, -0.05) is 48.0 Å². The number of hydrogen-bond donors (Lipinski definition) is 2. The number of likely N-dealkylation sites (tertiary alicyclic amines) is 1. The standard InChI is InChI=1S/C26H35BrN2O5S/c1-6-34-25(33)18-19-24(32)29(16(12-30)10-13(2)3)22(26(19)11-17(27)21(18)35-26)23(31)28-20-14(4)8-7-9-15(20)5/h7-9,13,16-19,21-22,30H,6,10-12H2,1-5H3,(H,28,31)/t16-,17?,18+,19+,21+,22?,26?/m1/s1. The number of anilines is 1. The van der Waals surface area contributed by atoms with Crippen LogP contribution in [0.3, 0.4) is 0 Å². The summed E-state index contributed by atoms with van der Waals surface area (Å²) >= 11 is 5.32. The lowest BCUT2D eigenvalue weighted by Gasteiger charge is -2.38. The normalized spacial score (nSPS) is 32.2. The van der Waals surface area contributed by atoms with E-state index in [2.05, 4.69) is 21.2 Å². The number of aliphatic hydroxyl groups excluding tert-OH is 1. The number of nitrogens with zero attached hydrogens (tertiary/aromatic N) is 1. The third-order valence-electron chi connectivity index (χ3n) is 7.61. The van der Waals surface area contributed by atoms with Crippen molar-refractivity contribution in [2.75, 3.05) is 18.5 Å². The Kier molecular flexibility index (Phi) is 7.61. The number of benzene rings is 1. The van der Waals surface area contributed by atoms with Gasteiger partial charge in [-0.05, 0) is 50.7 Å². The van der Waals surface area contributed by atoms with Crippen LogP contribution in [0.5, 0.6) is 0 Å². The van der Waals surface area contributed by atoms with Crippen molar-refractivity contribution in [1.82, 2.24) is 4.90 Å². The molecule has 3 saturated heterocycles. The monoisotopic (exact) mass is 566 g/mol. The van der Waals surface area contributed by atoms with Crippen LogP contribution < -0.4 is 5.32 Å². The molecule has 3 unspecified atom stereocenters. The second-order valence-corrected chi connectivity index (χ2v) is 13.1. The van der Waals surface area contributed by atoms with Crippen molar-refractivity contribution in [2.45, 2.75) is 74.4 Å². The Morgan fingerprint density at radius 1 is 1.31 bits per heavy atom. The molecule has 3 heterocycles. The molecule has 4 rings (SSSR count). The van der Waals surface area contributed by atoms with Gasteiger partial charge in [0.15, 0.2) is 0 Å². The molecule has 1 aromatic carbocycles. The largest absolute Gasteiger partial charge is 0.466 e. The van der Waals surface area contributed by atoms with Crippen LogP contribution in [0, 0.1) is 31.6 Å². The van der Waals surface area contributed by atoms with Gasteiger partial charge in [-0.2, -0.15) is 0 Å². The van der Waals surface area contributed by atoms with Crippen molar-refractivity contribution in [3.05, 3.63) is 29.3 Å². The van der Waals surface area contributed by atoms with Crippen molar-refractivity contribution in [1.29, 1.82) is 0 Å². The Bertz CT molecular complexity index is 999. The highest BCUT2D eigenvalue weighted by Crippen LogP contribution is 2.68. The molecule has 3 aliphatic heterocycles. The first-order valence-corrected chi connectivity index (χ1v) is 14.2. The van der Waals surface area contributed by atoms with E-state index in [0.717, 1.165) is 16.8 Å². The minimum Gasteiger partial charge on any atom is -0.466 e. The molecular formula is C26H35BrN2O5S. The minimum atomic E-state index is -0.801. The molecule has 3 aliphatic rings. The first-order valence-electron chi connectivity index (χ1n) is 12.4. The molecule has 2 N–H and O–H groups in total. The second kappa shape index (κ2) is 10.1. The van der Waals surface area contributed by atoms with Crippen molar-refractivity contribution < 1.29 is 24.2 Å². The summed E-state index contributed by atoms with van der Waals surface area (Å²) in [5, 5.41) is 13.3. The Balaban J connectivity index is 1.80. The number of carbonyl (C=O) groups excluding carboxylic acids is 3. The third kappa shape index (κ3) is 4.31. The maximum Gasteiger partial charge on any atom is 0.310 e. The topological polar surface area (TPSA) is 95.9 Å². The summed E-state index contributed by atoms with van der Waals surface area (Å²) in [6.07, 6.45) is 1.16. The van der Waals surface area contributed by atoms with Gasteiger partial charge < -0.3 is 20.1 Å². The molecule has 7 atom stereocenters. The number of alkyl halides is 1. The number of rotatable bonds is 8. The zero-order chi connectivity index (χ0) is 25.7. The highest BCUT2D eigenvalue weighted by atomic mass is 79.9. The molecule has 2 amide bonds. The molecule has 2 bridgehead atoms. The van der Waals surface area contributed by atoms with Crippen LogP contribution in [-0.4, -0.2) is 67.9 Å². The van der Waals surface area contributed by atoms with Gasteiger partial charge in [0.1, 0.15) is 6.04 Å². The van der Waals surface area contributed by atoms with E-state index in [4.69, 9.17) is 4.74 Å². The Morgan fingerprint density at radius 2 is 1.97 bits per heavy atom. The van der Waals surface area contributed by atoms with Gasteiger partial charge in [-0.3, -0.25) is 14.4 Å². The van der Waals surface area contributed by atoms with Crippen LogP contribution in [0.2, 0.25) is 0 Å². The van der Waals surface area contributed by atoms with E-state index in [-0.39, 0.29) is 47.0 Å². The van der Waals surface area contributed by atoms with E-state index in [9.17, 15) is 19.5 Å². The minimum absolute atomic E-state index is 0.0147. The van der Waals surface area contributed by atoms with Crippen molar-refractivity contribution in [3.8, 4) is 0 Å². The number of ether oxygens (including phenoxy) is 1. The molecule has 0 aliphatic carbocycles. The summed E-state index contributed by atoms with van der Waals surface area (Å²) in [4.78, 5) is 42.8. The van der Waals surface area contributed by atoms with Crippen LogP contribution in [0.15, 0.2) is 18.2 Å². The number of thioether (sulfide) groups is 1. The summed E-state index contributed by atoms with van der Waals surface area (Å²) in [7, 11) is 0. The molecule has 0 radical (unpaired) electrons. The average Bonchev–Trinajstić information content (AvgIpc) is 3.38. The van der Waals surface area contributed by atoms with Crippen LogP contribution in [-0.2, 0) is 19.1 Å². The zero-order valence-corrected chi connectivity index (χ0v) is 23.3. The number of amides is 2. The predicted octanol–water partition coefficient (Wildman–Crippen LogP) is 3.68. The first-order chi connectivity index (χ1) is 16.6. The number of fused-ring (bicyclic) bond motifs is 1. The van der Waals surface area contributed by atoms with E-state index in [1.807, 2.05) is 45.9 Å². The number of halogens is 1. The number of aliphatic hydroxyl groups is 1. The fraction of sp³-hybridized carbons (Fsp3) is 0.654. The molecule has 1 spiro atoms. The summed E-state index contributed by atoms with van der Waals surface area (Å²) in [5.41, 5.74) is 2.62. The van der Waals surface area contributed by atoms with Crippen molar-refractivity contribution in [2.24, 2.45) is 17.8 Å². The lowest BCUT2D eigenvalue weighted by Crippen LogP contribution is -2.55. The quantitative estimate of drug-likeness (QED) is 0.368. The fourth-order valence-corrected chi connectivity index (χ4v) is 9.88. The third-order valence-corrected chi connectivity index (χ3v) is 10.8. The molecule has 1 aromatic rings. The van der Waals surface area contributed by atoms with Gasteiger partial charge in [0.2, 0.25) is 11.8 Å². The van der Waals surface area contributed by atoms with Gasteiger partial charge in [0.05, 0.1) is 35.8 Å². The Hall–Kier alpha value is -1.58. The summed E-state index contributed by atoms with van der Waals surface area (Å²) in [6.45, 7) is 9.70. The van der Waals surface area contributed by atoms with Gasteiger partial charge in [-0.25, -0.2) is 0 Å². The summed E-state index contributed by atoms with van der Waals surface area (Å²) in [6, 6.07) is 4.52. The molecule has 0 saturated carbocycles. The summed E-state index contributed by atoms with van der Waals surface area (Å²) < 4.78 is 4.63. The number of hydrogen-bond acceptors (Lipinski definition) is 6. The van der Waals surface area contributed by atoms with Gasteiger partial charge in [-0.15, -0.1) is 11.8 Å². The van der Waals surface area contributed by atoms with Crippen molar-refractivity contribution in [3.63, 3.8) is 0 Å². The Labute approximate surface area is 219 Å². The van der Waals surface area contributed by atoms with E-state index in [0.29, 0.717) is 12.8 Å². The predicted molar refractivity (Wildman–Crippen MR) is 141 cm³/mol. The first kappa shape index (κ1) is 26.5. The maximum atomic E-state index is 14.1. The van der Waals surface area contributed by atoms with Crippen LogP contribution in [0.1, 0.15) is 44.7 Å².